The van der Waals surface area contributed by atoms with E-state index in [0.29, 0.717) is 42.5 Å². The maximum atomic E-state index is 12.8. The minimum absolute atomic E-state index is 0.115. The summed E-state index contributed by atoms with van der Waals surface area (Å²) in [6.45, 7) is 12.6. The minimum Gasteiger partial charge on any atom is -0.490 e. The van der Waals surface area contributed by atoms with Crippen molar-refractivity contribution in [2.75, 3.05) is 39.4 Å². The van der Waals surface area contributed by atoms with Crippen molar-refractivity contribution in [3.8, 4) is 22.6 Å². The third-order valence-electron chi connectivity index (χ3n) is 6.05. The van der Waals surface area contributed by atoms with Crippen molar-refractivity contribution in [1.29, 1.82) is 0 Å². The van der Waals surface area contributed by atoms with Crippen LogP contribution in [0, 0.1) is 13.8 Å². The molecule has 1 fully saturated rings. The largest absolute Gasteiger partial charge is 0.490 e. The smallest absolute Gasteiger partial charge is 0.254 e. The fourth-order valence-corrected chi connectivity index (χ4v) is 4.40. The number of hydrogen-bond acceptors (Lipinski definition) is 6. The lowest BCUT2D eigenvalue weighted by atomic mass is 10.1. The Morgan fingerprint density at radius 2 is 1.82 bits per heavy atom. The summed E-state index contributed by atoms with van der Waals surface area (Å²) in [4.78, 5) is 19.8. The molecule has 0 radical (unpaired) electrons. The first-order valence-electron chi connectivity index (χ1n) is 11.8. The number of fused-ring (bicyclic) bond motifs is 1. The molecule has 176 valence electrons. The molecule has 8 heteroatoms. The van der Waals surface area contributed by atoms with Crippen LogP contribution in [0.15, 0.2) is 24.4 Å². The van der Waals surface area contributed by atoms with E-state index in [0.717, 1.165) is 42.1 Å². The maximum Gasteiger partial charge on any atom is 0.254 e. The van der Waals surface area contributed by atoms with Crippen molar-refractivity contribution in [3.63, 3.8) is 0 Å². The van der Waals surface area contributed by atoms with Crippen LogP contribution in [0.4, 0.5) is 0 Å². The quantitative estimate of drug-likeness (QED) is 0.535. The number of rotatable bonds is 9. The SMILES string of the molecule is CCOc1ccc(-c2c(C)nn3c(C)c(C(=O)NCCN4CCCC4)cnc23)cc1OCC. The van der Waals surface area contributed by atoms with Gasteiger partial charge < -0.3 is 19.7 Å². The average Bonchev–Trinajstić information content (AvgIpc) is 3.43. The third kappa shape index (κ3) is 4.80. The zero-order valence-corrected chi connectivity index (χ0v) is 20.0. The zero-order valence-electron chi connectivity index (χ0n) is 20.0. The molecule has 0 bridgehead atoms. The molecule has 0 spiro atoms. The Bertz CT molecular complexity index is 1130. The second kappa shape index (κ2) is 10.2. The van der Waals surface area contributed by atoms with Crippen molar-refractivity contribution in [2.24, 2.45) is 0 Å². The summed E-state index contributed by atoms with van der Waals surface area (Å²) < 4.78 is 13.3. The van der Waals surface area contributed by atoms with Gasteiger partial charge in [-0.05, 0) is 71.3 Å². The van der Waals surface area contributed by atoms with Gasteiger partial charge in [0.25, 0.3) is 5.91 Å². The summed E-state index contributed by atoms with van der Waals surface area (Å²) in [7, 11) is 0. The highest BCUT2D eigenvalue weighted by Crippen LogP contribution is 2.35. The van der Waals surface area contributed by atoms with Crippen molar-refractivity contribution < 1.29 is 14.3 Å². The van der Waals surface area contributed by atoms with Crippen molar-refractivity contribution in [2.45, 2.75) is 40.5 Å². The number of nitrogens with one attached hydrogen (secondary N) is 1. The fourth-order valence-electron chi connectivity index (χ4n) is 4.40. The second-order valence-corrected chi connectivity index (χ2v) is 8.29. The van der Waals surface area contributed by atoms with Gasteiger partial charge in [-0.3, -0.25) is 4.79 Å². The van der Waals surface area contributed by atoms with E-state index >= 15 is 0 Å². The van der Waals surface area contributed by atoms with Gasteiger partial charge in [0.15, 0.2) is 17.1 Å². The lowest BCUT2D eigenvalue weighted by molar-refractivity contribution is 0.0948. The predicted octanol–water partition coefficient (Wildman–Crippen LogP) is 3.64. The molecule has 1 N–H and O–H groups in total. The number of benzene rings is 1. The normalized spacial score (nSPS) is 14.1. The molecule has 0 saturated carbocycles. The molecule has 1 aromatic carbocycles. The van der Waals surface area contributed by atoms with Gasteiger partial charge in [-0.15, -0.1) is 0 Å². The monoisotopic (exact) mass is 451 g/mol. The number of amides is 1. The first-order chi connectivity index (χ1) is 16.0. The molecule has 0 aliphatic carbocycles. The summed E-state index contributed by atoms with van der Waals surface area (Å²) in [5.74, 6) is 1.30. The van der Waals surface area contributed by atoms with Crippen LogP contribution >= 0.6 is 0 Å². The Kier molecular flexibility index (Phi) is 7.13. The molecule has 4 rings (SSSR count). The third-order valence-corrected chi connectivity index (χ3v) is 6.05. The summed E-state index contributed by atoms with van der Waals surface area (Å²) >= 11 is 0. The summed E-state index contributed by atoms with van der Waals surface area (Å²) in [6, 6.07) is 5.88. The van der Waals surface area contributed by atoms with E-state index in [1.807, 2.05) is 45.9 Å². The second-order valence-electron chi connectivity index (χ2n) is 8.29. The first-order valence-corrected chi connectivity index (χ1v) is 11.8. The molecule has 3 heterocycles. The van der Waals surface area contributed by atoms with Gasteiger partial charge in [0.2, 0.25) is 0 Å². The van der Waals surface area contributed by atoms with Crippen molar-refractivity contribution in [1.82, 2.24) is 24.8 Å². The van der Waals surface area contributed by atoms with E-state index in [2.05, 4.69) is 15.2 Å². The molecular formula is C25H33N5O3. The molecule has 2 aromatic heterocycles. The highest BCUT2D eigenvalue weighted by Gasteiger charge is 2.20. The highest BCUT2D eigenvalue weighted by atomic mass is 16.5. The number of carbonyl (C=O) groups is 1. The molecule has 1 amide bonds. The molecular weight excluding hydrogens is 418 g/mol. The molecule has 1 aliphatic rings. The van der Waals surface area contributed by atoms with Gasteiger partial charge in [0, 0.05) is 24.8 Å². The molecule has 0 unspecified atom stereocenters. The van der Waals surface area contributed by atoms with E-state index in [1.165, 1.54) is 12.8 Å². The highest BCUT2D eigenvalue weighted by molar-refractivity contribution is 5.95. The van der Waals surface area contributed by atoms with E-state index < -0.39 is 0 Å². The van der Waals surface area contributed by atoms with Crippen LogP contribution in [0.3, 0.4) is 0 Å². The number of nitrogens with zero attached hydrogens (tertiary/aromatic N) is 4. The topological polar surface area (TPSA) is 81.0 Å². The van der Waals surface area contributed by atoms with Crippen LogP contribution in [-0.4, -0.2) is 64.8 Å². The van der Waals surface area contributed by atoms with Crippen molar-refractivity contribution in [3.05, 3.63) is 41.3 Å². The van der Waals surface area contributed by atoms with E-state index in [4.69, 9.17) is 14.6 Å². The number of aromatic nitrogens is 3. The molecule has 33 heavy (non-hydrogen) atoms. The Balaban J connectivity index is 1.61. The molecule has 1 saturated heterocycles. The van der Waals surface area contributed by atoms with Crippen LogP contribution in [0.5, 0.6) is 11.5 Å². The number of likely N-dealkylation sites (tertiary alicyclic amines) is 1. The Morgan fingerprint density at radius 1 is 1.09 bits per heavy atom. The Labute approximate surface area is 194 Å². The first kappa shape index (κ1) is 23.0. The summed E-state index contributed by atoms with van der Waals surface area (Å²) in [5, 5.41) is 7.74. The maximum absolute atomic E-state index is 12.8. The standard InChI is InChI=1S/C25H33N5O3/c1-5-32-21-10-9-19(15-22(21)33-6-2)23-17(3)28-30-18(4)20(16-27-24(23)30)25(31)26-11-14-29-12-7-8-13-29/h9-10,15-16H,5-8,11-14H2,1-4H3,(H,26,31). The van der Waals surface area contributed by atoms with E-state index in [9.17, 15) is 4.79 Å². The summed E-state index contributed by atoms with van der Waals surface area (Å²) in [6.07, 6.45) is 4.14. The Hall–Kier alpha value is -3.13. The number of ether oxygens (including phenoxy) is 2. The molecule has 1 aliphatic heterocycles. The lowest BCUT2D eigenvalue weighted by Gasteiger charge is -2.15. The predicted molar refractivity (Wildman–Crippen MR) is 128 cm³/mol. The number of carbonyl (C=O) groups excluding carboxylic acids is 1. The number of aryl methyl sites for hydroxylation is 2. The van der Waals surface area contributed by atoms with Gasteiger partial charge in [0.05, 0.1) is 30.2 Å². The van der Waals surface area contributed by atoms with Gasteiger partial charge >= 0.3 is 0 Å². The van der Waals surface area contributed by atoms with Gasteiger partial charge in [-0.2, -0.15) is 5.10 Å². The number of hydrogen-bond donors (Lipinski definition) is 1. The lowest BCUT2D eigenvalue weighted by Crippen LogP contribution is -2.34. The van der Waals surface area contributed by atoms with Crippen LogP contribution in [0.25, 0.3) is 16.8 Å². The van der Waals surface area contributed by atoms with Gasteiger partial charge in [0.1, 0.15) is 0 Å². The molecule has 8 nitrogen and oxygen atoms in total. The minimum atomic E-state index is -0.115. The fraction of sp³-hybridized carbons (Fsp3) is 0.480. The van der Waals surface area contributed by atoms with Gasteiger partial charge in [-0.1, -0.05) is 6.07 Å². The summed E-state index contributed by atoms with van der Waals surface area (Å²) in [5.41, 5.74) is 4.73. The van der Waals surface area contributed by atoms with Crippen LogP contribution in [0.2, 0.25) is 0 Å². The molecule has 3 aromatic rings. The van der Waals surface area contributed by atoms with E-state index in [-0.39, 0.29) is 5.91 Å². The van der Waals surface area contributed by atoms with Crippen LogP contribution in [-0.2, 0) is 0 Å². The van der Waals surface area contributed by atoms with Crippen molar-refractivity contribution >= 4 is 11.6 Å². The van der Waals surface area contributed by atoms with E-state index in [1.54, 1.807) is 10.7 Å². The zero-order chi connectivity index (χ0) is 23.4. The van der Waals surface area contributed by atoms with Crippen LogP contribution in [0.1, 0.15) is 48.4 Å². The molecule has 0 atom stereocenters. The van der Waals surface area contributed by atoms with Gasteiger partial charge in [-0.25, -0.2) is 9.50 Å². The Morgan fingerprint density at radius 3 is 2.55 bits per heavy atom. The van der Waals surface area contributed by atoms with Crippen LogP contribution < -0.4 is 14.8 Å². The average molecular weight is 452 g/mol.